The molecule has 3 rings (SSSR count). The van der Waals surface area contributed by atoms with Crippen molar-refractivity contribution in [2.75, 3.05) is 11.9 Å². The molecule has 6 nitrogen and oxygen atoms in total. The van der Waals surface area contributed by atoms with E-state index in [1.807, 2.05) is 41.8 Å². The number of hydrogen-bond acceptors (Lipinski definition) is 6. The molecule has 7 heteroatoms. The molecule has 0 saturated heterocycles. The Morgan fingerprint density at radius 1 is 1.21 bits per heavy atom. The zero-order chi connectivity index (χ0) is 20.6. The highest BCUT2D eigenvalue weighted by Gasteiger charge is 2.12. The van der Waals surface area contributed by atoms with Crippen molar-refractivity contribution in [3.8, 4) is 10.6 Å². The van der Waals surface area contributed by atoms with Crippen LogP contribution in [0.1, 0.15) is 37.4 Å². The Morgan fingerprint density at radius 3 is 2.69 bits per heavy atom. The van der Waals surface area contributed by atoms with Gasteiger partial charge < -0.3 is 10.1 Å². The second-order valence-electron chi connectivity index (χ2n) is 6.70. The molecule has 0 aliphatic heterocycles. The first kappa shape index (κ1) is 20.7. The first-order valence-electron chi connectivity index (χ1n) is 9.45. The minimum absolute atomic E-state index is 0.0215. The second kappa shape index (κ2) is 9.93. The van der Waals surface area contributed by atoms with E-state index in [0.717, 1.165) is 17.0 Å². The van der Waals surface area contributed by atoms with Crippen LogP contribution in [0.25, 0.3) is 10.6 Å². The molecule has 2 aromatic heterocycles. The number of benzene rings is 1. The van der Waals surface area contributed by atoms with E-state index < -0.39 is 5.97 Å². The fourth-order valence-electron chi connectivity index (χ4n) is 2.68. The molecule has 0 aliphatic rings. The molecule has 1 amide bonds. The Hall–Kier alpha value is -3.06. The number of nitrogens with one attached hydrogen (secondary N) is 1. The summed E-state index contributed by atoms with van der Waals surface area (Å²) in [6.45, 7) is 3.97. The van der Waals surface area contributed by atoms with Crippen molar-refractivity contribution < 1.29 is 14.3 Å². The van der Waals surface area contributed by atoms with E-state index in [0.29, 0.717) is 17.3 Å². The fourth-order valence-corrected chi connectivity index (χ4v) is 3.49. The molecule has 1 N–H and O–H groups in total. The maximum atomic E-state index is 12.0. The summed E-state index contributed by atoms with van der Waals surface area (Å²) in [5.74, 6) is -0.385. The van der Waals surface area contributed by atoms with Crippen molar-refractivity contribution in [2.24, 2.45) is 0 Å². The first-order chi connectivity index (χ1) is 14.0. The largest absolute Gasteiger partial charge is 0.455 e. The van der Waals surface area contributed by atoms with Crippen molar-refractivity contribution in [3.63, 3.8) is 0 Å². The molecule has 0 saturated carbocycles. The number of esters is 1. The lowest BCUT2D eigenvalue weighted by molar-refractivity contribution is -0.146. The number of ether oxygens (including phenoxy) is 1. The predicted molar refractivity (Wildman–Crippen MR) is 114 cm³/mol. The van der Waals surface area contributed by atoms with Crippen molar-refractivity contribution in [3.05, 3.63) is 65.4 Å². The third-order valence-corrected chi connectivity index (χ3v) is 5.47. The van der Waals surface area contributed by atoms with Gasteiger partial charge in [0.05, 0.1) is 12.1 Å². The molecular weight excluding hydrogens is 386 g/mol. The quantitative estimate of drug-likeness (QED) is 0.556. The highest BCUT2D eigenvalue weighted by atomic mass is 32.1. The van der Waals surface area contributed by atoms with Crippen LogP contribution in [0.4, 0.5) is 5.69 Å². The Kier molecular flexibility index (Phi) is 7.08. The van der Waals surface area contributed by atoms with Gasteiger partial charge in [-0.3, -0.25) is 14.6 Å². The highest BCUT2D eigenvalue weighted by molar-refractivity contribution is 7.13. The van der Waals surface area contributed by atoms with Gasteiger partial charge in [0, 0.05) is 29.0 Å². The van der Waals surface area contributed by atoms with Crippen molar-refractivity contribution in [2.45, 2.75) is 32.6 Å². The number of carbonyl (C=O) groups excluding carboxylic acids is 2. The van der Waals surface area contributed by atoms with E-state index in [4.69, 9.17) is 4.74 Å². The van der Waals surface area contributed by atoms with Gasteiger partial charge in [0.2, 0.25) is 0 Å². The molecule has 1 aromatic carbocycles. The van der Waals surface area contributed by atoms with Gasteiger partial charge in [0.25, 0.3) is 5.91 Å². The lowest BCUT2D eigenvalue weighted by Gasteiger charge is -2.10. The molecular formula is C22H23N3O3S. The van der Waals surface area contributed by atoms with Gasteiger partial charge in [-0.2, -0.15) is 0 Å². The summed E-state index contributed by atoms with van der Waals surface area (Å²) in [7, 11) is 0. The van der Waals surface area contributed by atoms with Crippen molar-refractivity contribution in [1.29, 1.82) is 0 Å². The Bertz CT molecular complexity index is 955. The minimum atomic E-state index is -0.490. The topological polar surface area (TPSA) is 81.2 Å². The SMILES string of the molecule is CC[C@@H](C)c1ccc(NC(=O)COC(=O)Cc2csc(-c3cccnc3)n2)cc1. The van der Waals surface area contributed by atoms with E-state index in [1.165, 1.54) is 16.9 Å². The highest BCUT2D eigenvalue weighted by Crippen LogP contribution is 2.23. The van der Waals surface area contributed by atoms with Crippen LogP contribution in [-0.4, -0.2) is 28.5 Å². The van der Waals surface area contributed by atoms with E-state index in [2.05, 4.69) is 29.1 Å². The lowest BCUT2D eigenvalue weighted by atomic mass is 9.99. The summed E-state index contributed by atoms with van der Waals surface area (Å²) in [6.07, 6.45) is 4.50. The third kappa shape index (κ3) is 5.96. The summed E-state index contributed by atoms with van der Waals surface area (Å²) in [4.78, 5) is 32.5. The normalized spacial score (nSPS) is 11.7. The number of carbonyl (C=O) groups is 2. The van der Waals surface area contributed by atoms with Crippen LogP contribution in [0, 0.1) is 0 Å². The van der Waals surface area contributed by atoms with Crippen LogP contribution >= 0.6 is 11.3 Å². The standard InChI is InChI=1S/C22H23N3O3S/c1-3-15(2)16-6-8-18(9-7-16)24-20(26)13-28-21(27)11-19-14-29-22(25-19)17-5-4-10-23-12-17/h4-10,12,14-15H,3,11,13H2,1-2H3,(H,24,26)/t15-/m1/s1. The van der Waals surface area contributed by atoms with Gasteiger partial charge in [0.1, 0.15) is 5.01 Å². The van der Waals surface area contributed by atoms with E-state index in [1.54, 1.807) is 12.4 Å². The van der Waals surface area contributed by atoms with Crippen molar-refractivity contribution >= 4 is 28.9 Å². The van der Waals surface area contributed by atoms with Crippen LogP contribution in [0.15, 0.2) is 54.2 Å². The van der Waals surface area contributed by atoms with Crippen LogP contribution in [0.3, 0.4) is 0 Å². The Morgan fingerprint density at radius 2 is 2.00 bits per heavy atom. The zero-order valence-corrected chi connectivity index (χ0v) is 17.2. The van der Waals surface area contributed by atoms with Crippen molar-refractivity contribution in [1.82, 2.24) is 9.97 Å². The van der Waals surface area contributed by atoms with E-state index >= 15 is 0 Å². The number of thiazole rings is 1. The van der Waals surface area contributed by atoms with Crippen LogP contribution in [0.2, 0.25) is 0 Å². The molecule has 0 aliphatic carbocycles. The van der Waals surface area contributed by atoms with Gasteiger partial charge in [-0.05, 0) is 42.2 Å². The van der Waals surface area contributed by atoms with Crippen LogP contribution in [-0.2, 0) is 20.7 Å². The zero-order valence-electron chi connectivity index (χ0n) is 16.4. The molecule has 29 heavy (non-hydrogen) atoms. The lowest BCUT2D eigenvalue weighted by Crippen LogP contribution is -2.21. The summed E-state index contributed by atoms with van der Waals surface area (Å²) < 4.78 is 5.08. The molecule has 3 aromatic rings. The van der Waals surface area contributed by atoms with E-state index in [-0.39, 0.29) is 18.9 Å². The third-order valence-electron chi connectivity index (χ3n) is 4.53. The number of hydrogen-bond donors (Lipinski definition) is 1. The smallest absolute Gasteiger partial charge is 0.312 e. The number of nitrogens with zero attached hydrogens (tertiary/aromatic N) is 2. The molecule has 150 valence electrons. The number of anilines is 1. The molecule has 0 unspecified atom stereocenters. The molecule has 0 bridgehead atoms. The average molecular weight is 410 g/mol. The van der Waals surface area contributed by atoms with E-state index in [9.17, 15) is 9.59 Å². The maximum absolute atomic E-state index is 12.0. The average Bonchev–Trinajstić information content (AvgIpc) is 3.21. The molecule has 0 fully saturated rings. The summed E-state index contributed by atoms with van der Waals surface area (Å²) >= 11 is 1.44. The van der Waals surface area contributed by atoms with Gasteiger partial charge in [-0.1, -0.05) is 26.0 Å². The number of amides is 1. The number of pyridine rings is 1. The molecule has 0 spiro atoms. The fraction of sp³-hybridized carbons (Fsp3) is 0.273. The maximum Gasteiger partial charge on any atom is 0.312 e. The summed E-state index contributed by atoms with van der Waals surface area (Å²) in [6, 6.07) is 11.5. The summed E-state index contributed by atoms with van der Waals surface area (Å²) in [5.41, 5.74) is 3.42. The monoisotopic (exact) mass is 409 g/mol. The second-order valence-corrected chi connectivity index (χ2v) is 7.56. The van der Waals surface area contributed by atoms with Gasteiger partial charge in [0.15, 0.2) is 6.61 Å². The van der Waals surface area contributed by atoms with Gasteiger partial charge in [-0.25, -0.2) is 4.98 Å². The minimum Gasteiger partial charge on any atom is -0.455 e. The van der Waals surface area contributed by atoms with Crippen LogP contribution in [0.5, 0.6) is 0 Å². The predicted octanol–water partition coefficient (Wildman–Crippen LogP) is 4.44. The molecule has 2 heterocycles. The Labute approximate surface area is 174 Å². The number of aromatic nitrogens is 2. The Balaban J connectivity index is 1.45. The number of rotatable bonds is 8. The summed E-state index contributed by atoms with van der Waals surface area (Å²) in [5, 5.41) is 5.33. The van der Waals surface area contributed by atoms with Crippen LogP contribution < -0.4 is 5.32 Å². The molecule has 0 radical (unpaired) electrons. The first-order valence-corrected chi connectivity index (χ1v) is 10.3. The van der Waals surface area contributed by atoms with Gasteiger partial charge in [-0.15, -0.1) is 11.3 Å². The molecule has 1 atom stereocenters. The van der Waals surface area contributed by atoms with Gasteiger partial charge >= 0.3 is 5.97 Å².